The number of aromatic nitrogens is 3. The first-order chi connectivity index (χ1) is 14.3. The van der Waals surface area contributed by atoms with Crippen molar-refractivity contribution < 1.29 is 13.2 Å². The predicted octanol–water partition coefficient (Wildman–Crippen LogP) is 5.07. The zero-order valence-electron chi connectivity index (χ0n) is 17.3. The van der Waals surface area contributed by atoms with E-state index in [1.54, 1.807) is 25.3 Å². The summed E-state index contributed by atoms with van der Waals surface area (Å²) >= 11 is 0. The quantitative estimate of drug-likeness (QED) is 0.609. The average Bonchev–Trinajstić information content (AvgIpc) is 3.36. The largest absolute Gasteiger partial charge is 0.444 e. The van der Waals surface area contributed by atoms with Crippen molar-refractivity contribution in [3.63, 3.8) is 0 Å². The third-order valence-electron chi connectivity index (χ3n) is 5.35. The summed E-state index contributed by atoms with van der Waals surface area (Å²) in [6.45, 7) is 5.79. The van der Waals surface area contributed by atoms with E-state index >= 15 is 4.39 Å². The summed E-state index contributed by atoms with van der Waals surface area (Å²) in [7, 11) is 0. The van der Waals surface area contributed by atoms with Gasteiger partial charge in [0.1, 0.15) is 17.8 Å². The molecule has 1 saturated heterocycles. The highest BCUT2D eigenvalue weighted by Gasteiger charge is 2.30. The molecule has 1 N–H and O–H groups in total. The molecule has 1 atom stereocenters. The van der Waals surface area contributed by atoms with Gasteiger partial charge in [-0.1, -0.05) is 24.3 Å². The Kier molecular flexibility index (Phi) is 5.40. The summed E-state index contributed by atoms with van der Waals surface area (Å²) in [6.07, 6.45) is 4.76. The normalized spacial score (nSPS) is 16.8. The first kappa shape index (κ1) is 20.3. The molecule has 1 aliphatic rings. The molecule has 1 unspecified atom stereocenters. The van der Waals surface area contributed by atoms with Gasteiger partial charge in [0.25, 0.3) is 0 Å². The number of rotatable bonds is 6. The van der Waals surface area contributed by atoms with Crippen LogP contribution < -0.4 is 10.2 Å². The Morgan fingerprint density at radius 1 is 1.20 bits per heavy atom. The van der Waals surface area contributed by atoms with E-state index in [1.165, 1.54) is 20.2 Å². The van der Waals surface area contributed by atoms with Gasteiger partial charge in [0.2, 0.25) is 11.7 Å². The number of hydrogen-bond acceptors (Lipinski definition) is 6. The van der Waals surface area contributed by atoms with Crippen LogP contribution in [-0.2, 0) is 12.2 Å². The lowest BCUT2D eigenvalue weighted by Crippen LogP contribution is -2.25. The summed E-state index contributed by atoms with van der Waals surface area (Å²) < 4.78 is 34.8. The minimum absolute atomic E-state index is 0.0200. The predicted molar refractivity (Wildman–Crippen MR) is 110 cm³/mol. The third kappa shape index (κ3) is 4.13. The van der Waals surface area contributed by atoms with Gasteiger partial charge < -0.3 is 14.6 Å². The first-order valence-electron chi connectivity index (χ1n) is 10.0. The molecular formula is C22H25F2N5O. The Balaban J connectivity index is 1.55. The Bertz CT molecular complexity index is 1010. The number of alkyl halides is 1. The number of hydrogen-bond donors (Lipinski definition) is 1. The standard InChI is InChI=1S/C22H25F2N5O/c1-14-11-25-18(30-14)12-26-20-19(23)21(28-13-27-20)29-10-4-5-17(29)15-6-8-16(9-7-15)22(2,3)24/h6-9,11,13,17H,4-5,10,12H2,1-3H3,(H,26,27,28). The molecule has 3 aromatic rings. The Labute approximate surface area is 174 Å². The van der Waals surface area contributed by atoms with Crippen LogP contribution in [-0.4, -0.2) is 21.5 Å². The monoisotopic (exact) mass is 413 g/mol. The van der Waals surface area contributed by atoms with E-state index in [9.17, 15) is 4.39 Å². The summed E-state index contributed by atoms with van der Waals surface area (Å²) in [5, 5.41) is 2.93. The van der Waals surface area contributed by atoms with E-state index in [0.717, 1.165) is 18.4 Å². The zero-order valence-corrected chi connectivity index (χ0v) is 17.3. The molecule has 1 aliphatic heterocycles. The van der Waals surface area contributed by atoms with Crippen LogP contribution in [0.5, 0.6) is 0 Å². The van der Waals surface area contributed by atoms with Gasteiger partial charge in [-0.3, -0.25) is 0 Å². The molecule has 0 radical (unpaired) electrons. The number of halogens is 2. The topological polar surface area (TPSA) is 67.1 Å². The Morgan fingerprint density at radius 3 is 2.63 bits per heavy atom. The van der Waals surface area contributed by atoms with Crippen LogP contribution in [0.1, 0.15) is 55.5 Å². The Morgan fingerprint density at radius 2 is 1.97 bits per heavy atom. The molecule has 6 nitrogen and oxygen atoms in total. The number of nitrogens with one attached hydrogen (secondary N) is 1. The average molecular weight is 413 g/mol. The SMILES string of the molecule is Cc1cnc(CNc2ncnc(N3CCCC3c3ccc(C(C)(C)F)cc3)c2F)o1. The van der Waals surface area contributed by atoms with Crippen molar-refractivity contribution in [1.82, 2.24) is 15.0 Å². The minimum atomic E-state index is -1.39. The summed E-state index contributed by atoms with van der Waals surface area (Å²) in [5.41, 5.74) is 0.245. The highest BCUT2D eigenvalue weighted by molar-refractivity contribution is 5.53. The fourth-order valence-electron chi connectivity index (χ4n) is 3.79. The molecule has 1 fully saturated rings. The van der Waals surface area contributed by atoms with E-state index < -0.39 is 11.5 Å². The summed E-state index contributed by atoms with van der Waals surface area (Å²) in [5.74, 6) is 1.01. The maximum atomic E-state index is 15.2. The van der Waals surface area contributed by atoms with Gasteiger partial charge in [-0.25, -0.2) is 19.3 Å². The molecule has 0 bridgehead atoms. The molecule has 0 spiro atoms. The maximum Gasteiger partial charge on any atom is 0.213 e. The van der Waals surface area contributed by atoms with Crippen molar-refractivity contribution in [3.8, 4) is 0 Å². The van der Waals surface area contributed by atoms with E-state index in [2.05, 4.69) is 20.3 Å². The smallest absolute Gasteiger partial charge is 0.213 e. The first-order valence-corrected chi connectivity index (χ1v) is 10.0. The van der Waals surface area contributed by atoms with Crippen molar-refractivity contribution in [3.05, 3.63) is 65.4 Å². The lowest BCUT2D eigenvalue weighted by atomic mass is 9.96. The fourth-order valence-corrected chi connectivity index (χ4v) is 3.79. The summed E-state index contributed by atoms with van der Waals surface area (Å²) in [6, 6.07) is 7.42. The van der Waals surface area contributed by atoms with E-state index in [4.69, 9.17) is 4.42 Å². The van der Waals surface area contributed by atoms with Crippen molar-refractivity contribution in [2.24, 2.45) is 0 Å². The van der Waals surface area contributed by atoms with Gasteiger partial charge in [-0.2, -0.15) is 4.39 Å². The van der Waals surface area contributed by atoms with Gasteiger partial charge in [-0.05, 0) is 44.7 Å². The molecule has 2 aromatic heterocycles. The van der Waals surface area contributed by atoms with Crippen LogP contribution in [0.4, 0.5) is 20.4 Å². The van der Waals surface area contributed by atoms with Gasteiger partial charge in [0.05, 0.1) is 18.8 Å². The van der Waals surface area contributed by atoms with Crippen LogP contribution in [0.25, 0.3) is 0 Å². The number of oxazole rings is 1. The number of anilines is 2. The molecule has 1 aromatic carbocycles. The summed E-state index contributed by atoms with van der Waals surface area (Å²) in [4.78, 5) is 14.3. The number of nitrogens with zero attached hydrogens (tertiary/aromatic N) is 4. The van der Waals surface area contributed by atoms with Crippen molar-refractivity contribution in [2.45, 2.75) is 51.9 Å². The van der Waals surface area contributed by atoms with Crippen molar-refractivity contribution in [1.29, 1.82) is 0 Å². The maximum absolute atomic E-state index is 15.2. The molecule has 8 heteroatoms. The molecule has 0 saturated carbocycles. The molecule has 3 heterocycles. The third-order valence-corrected chi connectivity index (χ3v) is 5.35. The lowest BCUT2D eigenvalue weighted by molar-refractivity contribution is 0.221. The number of aryl methyl sites for hydroxylation is 1. The second-order valence-corrected chi connectivity index (χ2v) is 8.02. The molecule has 158 valence electrons. The molecule has 0 amide bonds. The van der Waals surface area contributed by atoms with E-state index in [-0.39, 0.29) is 24.2 Å². The second-order valence-electron chi connectivity index (χ2n) is 8.02. The van der Waals surface area contributed by atoms with Crippen LogP contribution in [0, 0.1) is 12.7 Å². The van der Waals surface area contributed by atoms with E-state index in [1.807, 2.05) is 17.0 Å². The molecule has 30 heavy (non-hydrogen) atoms. The van der Waals surface area contributed by atoms with Crippen molar-refractivity contribution >= 4 is 11.6 Å². The lowest BCUT2D eigenvalue weighted by Gasteiger charge is -2.27. The fraction of sp³-hybridized carbons (Fsp3) is 0.409. The van der Waals surface area contributed by atoms with Crippen LogP contribution in [0.15, 0.2) is 41.2 Å². The van der Waals surface area contributed by atoms with Crippen LogP contribution >= 0.6 is 0 Å². The minimum Gasteiger partial charge on any atom is -0.444 e. The van der Waals surface area contributed by atoms with Crippen molar-refractivity contribution in [2.75, 3.05) is 16.8 Å². The molecule has 4 rings (SSSR count). The molecule has 0 aliphatic carbocycles. The second kappa shape index (κ2) is 8.01. The Hall–Kier alpha value is -3.03. The molecular weight excluding hydrogens is 388 g/mol. The zero-order chi connectivity index (χ0) is 21.3. The van der Waals surface area contributed by atoms with E-state index in [0.29, 0.717) is 23.8 Å². The van der Waals surface area contributed by atoms with Gasteiger partial charge in [0, 0.05) is 6.54 Å². The van der Waals surface area contributed by atoms with Gasteiger partial charge >= 0.3 is 0 Å². The highest BCUT2D eigenvalue weighted by Crippen LogP contribution is 2.38. The highest BCUT2D eigenvalue weighted by atomic mass is 19.1. The van der Waals surface area contributed by atoms with Crippen LogP contribution in [0.3, 0.4) is 0 Å². The number of benzene rings is 1. The van der Waals surface area contributed by atoms with Crippen LogP contribution in [0.2, 0.25) is 0 Å². The van der Waals surface area contributed by atoms with Gasteiger partial charge in [0.15, 0.2) is 11.6 Å². The van der Waals surface area contributed by atoms with Gasteiger partial charge in [-0.15, -0.1) is 0 Å².